The highest BCUT2D eigenvalue weighted by molar-refractivity contribution is 14.1. The third kappa shape index (κ3) is 2.76. The number of nitrogens with zero attached hydrogens (tertiary/aromatic N) is 2. The Labute approximate surface area is 113 Å². The SMILES string of the molecule is N#CC1CN(C(=O)c2ccccc2I)CCO1. The molecule has 4 nitrogen and oxygen atoms in total. The molecule has 1 amide bonds. The summed E-state index contributed by atoms with van der Waals surface area (Å²) in [6.07, 6.45) is -0.505. The molecule has 88 valence electrons. The Balaban J connectivity index is 2.16. The number of benzene rings is 1. The molecule has 1 aromatic carbocycles. The molecule has 0 spiro atoms. The molecule has 1 aliphatic rings. The van der Waals surface area contributed by atoms with Gasteiger partial charge in [0.2, 0.25) is 0 Å². The highest BCUT2D eigenvalue weighted by atomic mass is 127. The van der Waals surface area contributed by atoms with Gasteiger partial charge in [-0.15, -0.1) is 0 Å². The van der Waals surface area contributed by atoms with Gasteiger partial charge in [0.05, 0.1) is 24.8 Å². The predicted octanol–water partition coefficient (Wildman–Crippen LogP) is 1.66. The van der Waals surface area contributed by atoms with Crippen LogP contribution >= 0.6 is 22.6 Å². The van der Waals surface area contributed by atoms with Crippen LogP contribution in [0.1, 0.15) is 10.4 Å². The first-order valence-electron chi connectivity index (χ1n) is 5.27. The summed E-state index contributed by atoms with van der Waals surface area (Å²) in [6, 6.07) is 9.49. The van der Waals surface area contributed by atoms with Crippen LogP contribution in [-0.4, -0.2) is 36.6 Å². The van der Waals surface area contributed by atoms with Gasteiger partial charge in [0, 0.05) is 10.1 Å². The Bertz CT molecular complexity index is 470. The number of morpholine rings is 1. The lowest BCUT2D eigenvalue weighted by atomic mass is 10.2. The molecule has 5 heteroatoms. The van der Waals surface area contributed by atoms with Gasteiger partial charge in [0.1, 0.15) is 0 Å². The van der Waals surface area contributed by atoms with Crippen molar-refractivity contribution >= 4 is 28.5 Å². The molecule has 2 rings (SSSR count). The first-order valence-corrected chi connectivity index (χ1v) is 6.35. The van der Waals surface area contributed by atoms with Crippen LogP contribution in [0.3, 0.4) is 0 Å². The van der Waals surface area contributed by atoms with Crippen LogP contribution in [0.15, 0.2) is 24.3 Å². The van der Waals surface area contributed by atoms with E-state index in [1.54, 1.807) is 11.0 Å². The maximum Gasteiger partial charge on any atom is 0.255 e. The number of hydrogen-bond donors (Lipinski definition) is 0. The van der Waals surface area contributed by atoms with Crippen molar-refractivity contribution in [3.63, 3.8) is 0 Å². The number of carbonyl (C=O) groups excluding carboxylic acids is 1. The number of ether oxygens (including phenoxy) is 1. The van der Waals surface area contributed by atoms with E-state index in [1.807, 2.05) is 24.3 Å². The van der Waals surface area contributed by atoms with Gasteiger partial charge < -0.3 is 9.64 Å². The summed E-state index contributed by atoms with van der Waals surface area (Å²) in [7, 11) is 0. The first-order chi connectivity index (χ1) is 8.22. The monoisotopic (exact) mass is 342 g/mol. The average molecular weight is 342 g/mol. The number of carbonyl (C=O) groups is 1. The van der Waals surface area contributed by atoms with Gasteiger partial charge in [-0.3, -0.25) is 4.79 Å². The van der Waals surface area contributed by atoms with Crippen molar-refractivity contribution in [2.24, 2.45) is 0 Å². The molecule has 17 heavy (non-hydrogen) atoms. The third-order valence-electron chi connectivity index (χ3n) is 2.60. The van der Waals surface area contributed by atoms with E-state index in [4.69, 9.17) is 10.00 Å². The van der Waals surface area contributed by atoms with Crippen molar-refractivity contribution in [2.75, 3.05) is 19.7 Å². The van der Waals surface area contributed by atoms with E-state index in [0.29, 0.717) is 25.3 Å². The maximum absolute atomic E-state index is 12.2. The van der Waals surface area contributed by atoms with Crippen molar-refractivity contribution in [3.05, 3.63) is 33.4 Å². The van der Waals surface area contributed by atoms with E-state index >= 15 is 0 Å². The van der Waals surface area contributed by atoms with E-state index in [0.717, 1.165) is 3.57 Å². The van der Waals surface area contributed by atoms with Crippen LogP contribution < -0.4 is 0 Å². The molecular weight excluding hydrogens is 331 g/mol. The lowest BCUT2D eigenvalue weighted by molar-refractivity contribution is 0.00342. The highest BCUT2D eigenvalue weighted by Gasteiger charge is 2.25. The quantitative estimate of drug-likeness (QED) is 0.730. The fraction of sp³-hybridized carbons (Fsp3) is 0.333. The fourth-order valence-electron chi connectivity index (χ4n) is 1.72. The summed E-state index contributed by atoms with van der Waals surface area (Å²) in [5.74, 6) is -0.0291. The van der Waals surface area contributed by atoms with E-state index in [9.17, 15) is 4.79 Å². The van der Waals surface area contributed by atoms with Crippen LogP contribution in [0.2, 0.25) is 0 Å². The Morgan fingerprint density at radius 1 is 1.53 bits per heavy atom. The maximum atomic E-state index is 12.2. The Morgan fingerprint density at radius 3 is 3.00 bits per heavy atom. The van der Waals surface area contributed by atoms with Crippen LogP contribution in [0.5, 0.6) is 0 Å². The molecule has 1 aromatic rings. The molecule has 1 saturated heterocycles. The Kier molecular flexibility index (Phi) is 3.97. The highest BCUT2D eigenvalue weighted by Crippen LogP contribution is 2.16. The van der Waals surface area contributed by atoms with Gasteiger partial charge in [-0.1, -0.05) is 12.1 Å². The molecular formula is C12H11IN2O2. The fourth-order valence-corrected chi connectivity index (χ4v) is 2.33. The van der Waals surface area contributed by atoms with E-state index in [2.05, 4.69) is 22.6 Å². The topological polar surface area (TPSA) is 53.3 Å². The zero-order valence-electron chi connectivity index (χ0n) is 9.10. The summed E-state index contributed by atoms with van der Waals surface area (Å²) < 4.78 is 6.14. The van der Waals surface area contributed by atoms with Gasteiger partial charge in [0.15, 0.2) is 6.10 Å². The molecule has 1 aliphatic heterocycles. The standard InChI is InChI=1S/C12H11IN2O2/c13-11-4-2-1-3-10(11)12(16)15-5-6-17-9(7-14)8-15/h1-4,9H,5-6,8H2. The smallest absolute Gasteiger partial charge is 0.255 e. The summed E-state index contributed by atoms with van der Waals surface area (Å²) in [4.78, 5) is 13.9. The number of nitriles is 1. The van der Waals surface area contributed by atoms with Gasteiger partial charge in [-0.25, -0.2) is 0 Å². The summed E-state index contributed by atoms with van der Waals surface area (Å²) in [5, 5.41) is 8.80. The Hall–Kier alpha value is -1.13. The number of rotatable bonds is 1. The lowest BCUT2D eigenvalue weighted by Gasteiger charge is -2.30. The van der Waals surface area contributed by atoms with Crippen LogP contribution in [0.25, 0.3) is 0 Å². The first kappa shape index (κ1) is 12.3. The summed E-state index contributed by atoms with van der Waals surface area (Å²) in [5.41, 5.74) is 0.687. The van der Waals surface area contributed by atoms with Crippen molar-refractivity contribution in [1.29, 1.82) is 5.26 Å². The van der Waals surface area contributed by atoms with Crippen LogP contribution in [0, 0.1) is 14.9 Å². The minimum absolute atomic E-state index is 0.0291. The summed E-state index contributed by atoms with van der Waals surface area (Å²) >= 11 is 2.14. The van der Waals surface area contributed by atoms with Crippen LogP contribution in [-0.2, 0) is 4.74 Å². The van der Waals surface area contributed by atoms with E-state index < -0.39 is 6.10 Å². The molecule has 0 aliphatic carbocycles. The second-order valence-corrected chi connectivity index (χ2v) is 4.88. The molecule has 0 aromatic heterocycles. The zero-order valence-corrected chi connectivity index (χ0v) is 11.3. The van der Waals surface area contributed by atoms with Gasteiger partial charge in [-0.2, -0.15) is 5.26 Å². The molecule has 1 fully saturated rings. The predicted molar refractivity (Wildman–Crippen MR) is 70.4 cm³/mol. The third-order valence-corrected chi connectivity index (χ3v) is 3.54. The largest absolute Gasteiger partial charge is 0.360 e. The minimum atomic E-state index is -0.505. The van der Waals surface area contributed by atoms with Crippen molar-refractivity contribution < 1.29 is 9.53 Å². The molecule has 0 bridgehead atoms. The van der Waals surface area contributed by atoms with Gasteiger partial charge in [-0.05, 0) is 34.7 Å². The van der Waals surface area contributed by atoms with Crippen molar-refractivity contribution in [1.82, 2.24) is 4.90 Å². The number of amides is 1. The van der Waals surface area contributed by atoms with Crippen LogP contribution in [0.4, 0.5) is 0 Å². The molecule has 1 heterocycles. The zero-order chi connectivity index (χ0) is 12.3. The average Bonchev–Trinajstić information content (AvgIpc) is 2.38. The number of halogens is 1. The molecule has 1 unspecified atom stereocenters. The second-order valence-electron chi connectivity index (χ2n) is 3.72. The summed E-state index contributed by atoms with van der Waals surface area (Å²) in [6.45, 7) is 1.32. The lowest BCUT2D eigenvalue weighted by Crippen LogP contribution is -2.45. The number of hydrogen-bond acceptors (Lipinski definition) is 3. The molecule has 0 radical (unpaired) electrons. The van der Waals surface area contributed by atoms with Gasteiger partial charge >= 0.3 is 0 Å². The molecule has 1 atom stereocenters. The van der Waals surface area contributed by atoms with Gasteiger partial charge in [0.25, 0.3) is 5.91 Å². The van der Waals surface area contributed by atoms with Crippen molar-refractivity contribution in [3.8, 4) is 6.07 Å². The van der Waals surface area contributed by atoms with E-state index in [-0.39, 0.29) is 5.91 Å². The van der Waals surface area contributed by atoms with E-state index in [1.165, 1.54) is 0 Å². The molecule has 0 saturated carbocycles. The molecule has 0 N–H and O–H groups in total. The minimum Gasteiger partial charge on any atom is -0.360 e. The normalized spacial score (nSPS) is 19.8. The second kappa shape index (κ2) is 5.47. The van der Waals surface area contributed by atoms with Crippen molar-refractivity contribution in [2.45, 2.75) is 6.10 Å². The Morgan fingerprint density at radius 2 is 2.29 bits per heavy atom.